The lowest BCUT2D eigenvalue weighted by molar-refractivity contribution is -0.118. The van der Waals surface area contributed by atoms with Gasteiger partial charge in [0.05, 0.1) is 7.11 Å². The maximum Gasteiger partial charge on any atom is 0.324 e. The summed E-state index contributed by atoms with van der Waals surface area (Å²) in [5.74, 6) is -0.645. The number of carbonyl (C=O) groups excluding carboxylic acids is 2. The van der Waals surface area contributed by atoms with Gasteiger partial charge in [0.1, 0.15) is 6.54 Å². The molecule has 6 heteroatoms. The number of rotatable bonds is 4. The van der Waals surface area contributed by atoms with Crippen LogP contribution < -0.4 is 10.1 Å². The normalized spacial score (nSPS) is 19.0. The molecule has 2 aromatic rings. The van der Waals surface area contributed by atoms with Gasteiger partial charge in [0.2, 0.25) is 5.91 Å². The van der Waals surface area contributed by atoms with E-state index >= 15 is 4.39 Å². The van der Waals surface area contributed by atoms with E-state index in [0.29, 0.717) is 11.1 Å². The zero-order chi connectivity index (χ0) is 23.4. The Balaban J connectivity index is 1.85. The van der Waals surface area contributed by atoms with Crippen LogP contribution in [0, 0.1) is 12.7 Å². The number of ether oxygens (including phenoxy) is 1. The second kappa shape index (κ2) is 7.61. The fraction of sp³-hybridized carbons (Fsp3) is 0.462. The third-order valence-electron chi connectivity index (χ3n) is 7.04. The summed E-state index contributed by atoms with van der Waals surface area (Å²) in [6, 6.07) is 7.22. The molecular formula is C26H31FN2O3. The molecule has 1 saturated heterocycles. The number of hydrogen-bond acceptors (Lipinski definition) is 3. The first-order valence-corrected chi connectivity index (χ1v) is 11.0. The van der Waals surface area contributed by atoms with Crippen LogP contribution in [0.25, 0.3) is 11.1 Å². The molecule has 1 aliphatic heterocycles. The van der Waals surface area contributed by atoms with E-state index in [9.17, 15) is 9.59 Å². The largest absolute Gasteiger partial charge is 0.493 e. The Morgan fingerprint density at radius 1 is 1.00 bits per heavy atom. The molecule has 1 aliphatic carbocycles. The lowest BCUT2D eigenvalue weighted by Gasteiger charge is -2.42. The van der Waals surface area contributed by atoms with Gasteiger partial charge in [-0.15, -0.1) is 0 Å². The predicted octanol–water partition coefficient (Wildman–Crippen LogP) is 5.21. The van der Waals surface area contributed by atoms with Crippen molar-refractivity contribution in [1.29, 1.82) is 0 Å². The van der Waals surface area contributed by atoms with Crippen molar-refractivity contribution in [3.05, 3.63) is 52.3 Å². The van der Waals surface area contributed by atoms with Crippen LogP contribution >= 0.6 is 0 Å². The topological polar surface area (TPSA) is 58.6 Å². The Morgan fingerprint density at radius 3 is 2.19 bits per heavy atom. The number of hydrogen-bond donors (Lipinski definition) is 1. The minimum absolute atomic E-state index is 0.0185. The van der Waals surface area contributed by atoms with Crippen molar-refractivity contribution in [2.75, 3.05) is 13.7 Å². The van der Waals surface area contributed by atoms with E-state index in [-0.39, 0.29) is 35.6 Å². The maximum atomic E-state index is 15.1. The van der Waals surface area contributed by atoms with Gasteiger partial charge in [-0.3, -0.25) is 10.1 Å². The van der Waals surface area contributed by atoms with Gasteiger partial charge in [-0.25, -0.2) is 9.18 Å². The fourth-order valence-corrected chi connectivity index (χ4v) is 4.99. The average molecular weight is 439 g/mol. The maximum absolute atomic E-state index is 15.1. The summed E-state index contributed by atoms with van der Waals surface area (Å²) in [4.78, 5) is 24.9. The highest BCUT2D eigenvalue weighted by Crippen LogP contribution is 2.48. The molecule has 1 N–H and O–H groups in total. The van der Waals surface area contributed by atoms with Crippen LogP contribution in [0.15, 0.2) is 24.3 Å². The number of amides is 3. The molecule has 0 aromatic heterocycles. The standard InChI is InChI=1S/C26H31FN2O3/c1-15-9-19-20(26(4,5)8-7-25(19,2)3)12-17(15)18-10-16(11-21(27)23(18)32-6)13-29-14-22(30)28-24(29)31/h9-12H,7-8,13-14H2,1-6H3,(H,28,30,31). The molecule has 2 aromatic carbocycles. The molecule has 3 amide bonds. The Labute approximate surface area is 188 Å². The lowest BCUT2D eigenvalue weighted by atomic mass is 9.62. The number of urea groups is 1. The minimum atomic E-state index is -0.484. The summed E-state index contributed by atoms with van der Waals surface area (Å²) in [7, 11) is 1.47. The number of benzene rings is 2. The van der Waals surface area contributed by atoms with E-state index in [1.807, 2.05) is 13.0 Å². The quantitative estimate of drug-likeness (QED) is 0.667. The number of fused-ring (bicyclic) bond motifs is 1. The monoisotopic (exact) mass is 438 g/mol. The van der Waals surface area contributed by atoms with Crippen molar-refractivity contribution < 1.29 is 18.7 Å². The van der Waals surface area contributed by atoms with Crippen molar-refractivity contribution >= 4 is 11.9 Å². The summed E-state index contributed by atoms with van der Waals surface area (Å²) in [6.07, 6.45) is 2.20. The van der Waals surface area contributed by atoms with Crippen molar-refractivity contribution in [1.82, 2.24) is 10.2 Å². The third-order valence-corrected chi connectivity index (χ3v) is 7.04. The van der Waals surface area contributed by atoms with Gasteiger partial charge >= 0.3 is 6.03 Å². The second-order valence-corrected chi connectivity index (χ2v) is 10.3. The first kappa shape index (κ1) is 22.3. The number of nitrogens with one attached hydrogen (secondary N) is 1. The van der Waals surface area contributed by atoms with Crippen LogP contribution in [-0.4, -0.2) is 30.5 Å². The minimum Gasteiger partial charge on any atom is -0.493 e. The SMILES string of the molecule is COc1c(F)cc(CN2CC(=O)NC2=O)cc1-c1cc2c(cc1C)C(C)(C)CCC2(C)C. The van der Waals surface area contributed by atoms with Crippen LogP contribution in [0.2, 0.25) is 0 Å². The van der Waals surface area contributed by atoms with Gasteiger partial charge in [-0.2, -0.15) is 0 Å². The van der Waals surface area contributed by atoms with Crippen molar-refractivity contribution in [3.8, 4) is 16.9 Å². The van der Waals surface area contributed by atoms with Crippen LogP contribution in [0.1, 0.15) is 62.8 Å². The number of aryl methyl sites for hydroxylation is 1. The first-order valence-electron chi connectivity index (χ1n) is 11.0. The van der Waals surface area contributed by atoms with Gasteiger partial charge in [0.25, 0.3) is 0 Å². The summed E-state index contributed by atoms with van der Waals surface area (Å²) in [5.41, 5.74) is 5.98. The zero-order valence-electron chi connectivity index (χ0n) is 19.7. The molecule has 2 aliphatic rings. The van der Waals surface area contributed by atoms with E-state index in [1.165, 1.54) is 29.2 Å². The number of nitrogens with zero attached hydrogens (tertiary/aromatic N) is 1. The predicted molar refractivity (Wildman–Crippen MR) is 122 cm³/mol. The molecule has 170 valence electrons. The van der Waals surface area contributed by atoms with Crippen LogP contribution in [-0.2, 0) is 22.2 Å². The molecule has 5 nitrogen and oxygen atoms in total. The summed E-state index contributed by atoms with van der Waals surface area (Å²) in [6.45, 7) is 11.3. The van der Waals surface area contributed by atoms with E-state index in [1.54, 1.807) is 0 Å². The first-order chi connectivity index (χ1) is 14.9. The number of carbonyl (C=O) groups is 2. The Kier molecular flexibility index (Phi) is 5.30. The number of methoxy groups -OCH3 is 1. The fourth-order valence-electron chi connectivity index (χ4n) is 4.99. The highest BCUT2D eigenvalue weighted by molar-refractivity contribution is 6.01. The Hall–Kier alpha value is -2.89. The highest BCUT2D eigenvalue weighted by atomic mass is 19.1. The van der Waals surface area contributed by atoms with Crippen LogP contribution in [0.3, 0.4) is 0 Å². The average Bonchev–Trinajstić information content (AvgIpc) is 3.01. The highest BCUT2D eigenvalue weighted by Gasteiger charge is 2.37. The molecule has 0 bridgehead atoms. The molecule has 0 spiro atoms. The summed E-state index contributed by atoms with van der Waals surface area (Å²) in [5, 5.41) is 2.26. The molecule has 4 rings (SSSR count). The number of halogens is 1. The van der Waals surface area contributed by atoms with E-state index < -0.39 is 11.8 Å². The molecular weight excluding hydrogens is 407 g/mol. The number of imide groups is 1. The summed E-state index contributed by atoms with van der Waals surface area (Å²) >= 11 is 0. The summed E-state index contributed by atoms with van der Waals surface area (Å²) < 4.78 is 20.5. The Bertz CT molecular complexity index is 1120. The van der Waals surface area contributed by atoms with Gasteiger partial charge in [0.15, 0.2) is 11.6 Å². The van der Waals surface area contributed by atoms with Crippen molar-refractivity contribution in [2.45, 2.75) is 64.8 Å². The molecule has 0 atom stereocenters. The van der Waals surface area contributed by atoms with Gasteiger partial charge < -0.3 is 9.64 Å². The zero-order valence-corrected chi connectivity index (χ0v) is 19.7. The van der Waals surface area contributed by atoms with E-state index in [4.69, 9.17) is 4.74 Å². The molecule has 0 saturated carbocycles. The molecule has 0 radical (unpaired) electrons. The molecule has 32 heavy (non-hydrogen) atoms. The molecule has 1 heterocycles. The second-order valence-electron chi connectivity index (χ2n) is 10.3. The van der Waals surface area contributed by atoms with Crippen LogP contribution in [0.4, 0.5) is 9.18 Å². The van der Waals surface area contributed by atoms with Gasteiger partial charge in [-0.05, 0) is 76.6 Å². The van der Waals surface area contributed by atoms with Gasteiger partial charge in [-0.1, -0.05) is 33.8 Å². The lowest BCUT2D eigenvalue weighted by Crippen LogP contribution is -2.34. The molecule has 0 unspecified atom stereocenters. The molecule has 1 fully saturated rings. The van der Waals surface area contributed by atoms with Gasteiger partial charge in [0, 0.05) is 12.1 Å². The van der Waals surface area contributed by atoms with Crippen molar-refractivity contribution in [2.24, 2.45) is 0 Å². The Morgan fingerprint density at radius 2 is 1.62 bits per heavy atom. The van der Waals surface area contributed by atoms with Crippen molar-refractivity contribution in [3.63, 3.8) is 0 Å². The van der Waals surface area contributed by atoms with Crippen LogP contribution in [0.5, 0.6) is 5.75 Å². The van der Waals surface area contributed by atoms with E-state index in [0.717, 1.165) is 24.0 Å². The third kappa shape index (κ3) is 3.76. The smallest absolute Gasteiger partial charge is 0.324 e. The van der Waals surface area contributed by atoms with E-state index in [2.05, 4.69) is 45.1 Å².